The third-order valence-corrected chi connectivity index (χ3v) is 3.15. The van der Waals surface area contributed by atoms with Crippen LogP contribution in [0.4, 0.5) is 0 Å². The average molecular weight is 249 g/mol. The minimum absolute atomic E-state index is 0.140. The lowest BCUT2D eigenvalue weighted by Crippen LogP contribution is -2.39. The van der Waals surface area contributed by atoms with Gasteiger partial charge in [-0.05, 0) is 16.8 Å². The van der Waals surface area contributed by atoms with E-state index in [4.69, 9.17) is 5.53 Å². The van der Waals surface area contributed by atoms with E-state index in [-0.39, 0.29) is 10.6 Å². The fourth-order valence-corrected chi connectivity index (χ4v) is 2.24. The first kappa shape index (κ1) is 11.3. The lowest BCUT2D eigenvalue weighted by molar-refractivity contribution is 0.478. The fourth-order valence-electron chi connectivity index (χ4n) is 1.67. The summed E-state index contributed by atoms with van der Waals surface area (Å²) in [5, 5.41) is 14.3. The molecule has 1 unspecified atom stereocenters. The predicted molar refractivity (Wildman–Crippen MR) is 63.1 cm³/mol. The van der Waals surface area contributed by atoms with Gasteiger partial charge >= 0.3 is 0 Å². The zero-order valence-corrected chi connectivity index (χ0v) is 9.29. The van der Waals surface area contributed by atoms with E-state index in [0.717, 1.165) is 0 Å². The van der Waals surface area contributed by atoms with E-state index in [1.54, 1.807) is 24.3 Å². The SMILES string of the molecule is [N-]=[N+]=NC1C(O)=c2ccccc2=CC1=S(=O)=O. The van der Waals surface area contributed by atoms with E-state index in [1.807, 2.05) is 0 Å². The highest BCUT2D eigenvalue weighted by Crippen LogP contribution is 2.08. The van der Waals surface area contributed by atoms with E-state index in [2.05, 4.69) is 10.0 Å². The third-order valence-electron chi connectivity index (χ3n) is 2.42. The van der Waals surface area contributed by atoms with E-state index in [1.165, 1.54) is 6.08 Å². The topological polar surface area (TPSA) is 103 Å². The van der Waals surface area contributed by atoms with Crippen LogP contribution in [-0.2, 0) is 10.3 Å². The number of aliphatic hydroxyl groups excluding tert-OH is 1. The minimum Gasteiger partial charge on any atom is -0.511 e. The number of azide groups is 1. The van der Waals surface area contributed by atoms with Gasteiger partial charge in [0.05, 0.1) is 4.86 Å². The predicted octanol–water partition coefficient (Wildman–Crippen LogP) is -0.123. The molecule has 0 radical (unpaired) electrons. The maximum absolute atomic E-state index is 11.0. The van der Waals surface area contributed by atoms with Crippen molar-refractivity contribution in [1.29, 1.82) is 0 Å². The Balaban J connectivity index is 2.95. The summed E-state index contributed by atoms with van der Waals surface area (Å²) in [4.78, 5) is 2.41. The Labute approximate surface area is 97.3 Å². The normalized spacial score (nSPS) is 17.8. The molecule has 0 saturated carbocycles. The highest BCUT2D eigenvalue weighted by Gasteiger charge is 2.22. The van der Waals surface area contributed by atoms with Gasteiger partial charge in [0.25, 0.3) is 0 Å². The van der Waals surface area contributed by atoms with Crippen molar-refractivity contribution in [3.63, 3.8) is 0 Å². The van der Waals surface area contributed by atoms with Crippen LogP contribution in [0.5, 0.6) is 0 Å². The smallest absolute Gasteiger partial charge is 0.218 e. The molecule has 1 atom stereocenters. The van der Waals surface area contributed by atoms with Crippen LogP contribution in [0.15, 0.2) is 29.4 Å². The first-order chi connectivity index (χ1) is 8.15. The molecule has 0 aliphatic heterocycles. The summed E-state index contributed by atoms with van der Waals surface area (Å²) in [6.07, 6.45) is 1.39. The summed E-state index contributed by atoms with van der Waals surface area (Å²) >= 11 is 0. The largest absolute Gasteiger partial charge is 0.511 e. The summed E-state index contributed by atoms with van der Waals surface area (Å²) in [5.41, 5.74) is 8.39. The van der Waals surface area contributed by atoms with E-state index >= 15 is 0 Å². The van der Waals surface area contributed by atoms with Gasteiger partial charge in [0.15, 0.2) is 0 Å². The molecule has 0 saturated heterocycles. The molecule has 6 nitrogen and oxygen atoms in total. The number of nitrogens with zero attached hydrogens (tertiary/aromatic N) is 3. The van der Waals surface area contributed by atoms with Crippen LogP contribution < -0.4 is 10.4 Å². The molecular weight excluding hydrogens is 242 g/mol. The number of hydrogen-bond acceptors (Lipinski definition) is 4. The lowest BCUT2D eigenvalue weighted by Gasteiger charge is -2.12. The van der Waals surface area contributed by atoms with Gasteiger partial charge in [0, 0.05) is 10.1 Å². The van der Waals surface area contributed by atoms with Crippen LogP contribution in [-0.4, -0.2) is 24.4 Å². The second-order valence-corrected chi connectivity index (χ2v) is 4.30. The quantitative estimate of drug-likeness (QED) is 0.324. The summed E-state index contributed by atoms with van der Waals surface area (Å²) in [6.45, 7) is 0. The third kappa shape index (κ3) is 1.89. The van der Waals surface area contributed by atoms with Gasteiger partial charge in [-0.1, -0.05) is 29.4 Å². The first-order valence-electron chi connectivity index (χ1n) is 4.65. The molecule has 1 aromatic rings. The van der Waals surface area contributed by atoms with Crippen LogP contribution in [0.1, 0.15) is 0 Å². The molecule has 1 aliphatic rings. The van der Waals surface area contributed by atoms with Gasteiger partial charge in [-0.2, -0.15) is 8.42 Å². The number of fused-ring (bicyclic) bond motifs is 1. The van der Waals surface area contributed by atoms with Crippen molar-refractivity contribution in [2.75, 3.05) is 0 Å². The standard InChI is InChI=1S/C10H7N3O3S/c11-13-12-9-8(17(15)16)5-6-3-1-2-4-7(6)10(9)14/h1-5,9,14H. The van der Waals surface area contributed by atoms with Crippen LogP contribution in [0.3, 0.4) is 0 Å². The van der Waals surface area contributed by atoms with Crippen molar-refractivity contribution in [3.8, 4) is 0 Å². The van der Waals surface area contributed by atoms with Crippen molar-refractivity contribution in [3.05, 3.63) is 45.1 Å². The Morgan fingerprint density at radius 3 is 2.71 bits per heavy atom. The average Bonchev–Trinajstić information content (AvgIpc) is 2.32. The molecule has 0 aromatic heterocycles. The van der Waals surface area contributed by atoms with E-state index < -0.39 is 16.3 Å². The van der Waals surface area contributed by atoms with Gasteiger partial charge in [-0.15, -0.1) is 0 Å². The Bertz CT molecular complexity index is 765. The highest BCUT2D eigenvalue weighted by atomic mass is 32.2. The van der Waals surface area contributed by atoms with Gasteiger partial charge in [-0.3, -0.25) is 0 Å². The Hall–Kier alpha value is -2.24. The van der Waals surface area contributed by atoms with Crippen molar-refractivity contribution >= 4 is 27.0 Å². The van der Waals surface area contributed by atoms with Gasteiger partial charge < -0.3 is 5.11 Å². The molecule has 86 valence electrons. The molecule has 17 heavy (non-hydrogen) atoms. The Morgan fingerprint density at radius 2 is 2.06 bits per heavy atom. The van der Waals surface area contributed by atoms with Crippen molar-refractivity contribution in [2.24, 2.45) is 5.11 Å². The highest BCUT2D eigenvalue weighted by molar-refractivity contribution is 7.74. The van der Waals surface area contributed by atoms with Crippen LogP contribution in [0, 0.1) is 0 Å². The number of hydrogen-bond donors (Lipinski definition) is 1. The number of benzene rings is 1. The van der Waals surface area contributed by atoms with Crippen LogP contribution >= 0.6 is 0 Å². The summed E-state index contributed by atoms with van der Waals surface area (Å²) in [5.74, 6) is -0.250. The summed E-state index contributed by atoms with van der Waals surface area (Å²) < 4.78 is 22.0. The zero-order chi connectivity index (χ0) is 12.4. The Morgan fingerprint density at radius 1 is 1.35 bits per heavy atom. The molecule has 1 N–H and O–H groups in total. The molecule has 1 aliphatic carbocycles. The van der Waals surface area contributed by atoms with E-state index in [9.17, 15) is 13.5 Å². The second-order valence-electron chi connectivity index (χ2n) is 3.36. The van der Waals surface area contributed by atoms with Crippen LogP contribution in [0.2, 0.25) is 0 Å². The number of rotatable bonds is 1. The van der Waals surface area contributed by atoms with Crippen molar-refractivity contribution in [2.45, 2.75) is 6.04 Å². The van der Waals surface area contributed by atoms with Gasteiger partial charge in [0.2, 0.25) is 10.3 Å². The molecule has 0 bridgehead atoms. The maximum atomic E-state index is 11.0. The molecule has 0 heterocycles. The van der Waals surface area contributed by atoms with Gasteiger partial charge in [-0.25, -0.2) is 0 Å². The van der Waals surface area contributed by atoms with Crippen LogP contribution in [0.25, 0.3) is 22.3 Å². The van der Waals surface area contributed by atoms with E-state index in [0.29, 0.717) is 10.4 Å². The summed E-state index contributed by atoms with van der Waals surface area (Å²) in [6, 6.07) is 5.54. The van der Waals surface area contributed by atoms with Crippen molar-refractivity contribution in [1.82, 2.24) is 0 Å². The minimum atomic E-state index is -2.55. The molecule has 7 heteroatoms. The molecule has 1 aromatic carbocycles. The lowest BCUT2D eigenvalue weighted by atomic mass is 10.0. The summed E-state index contributed by atoms with van der Waals surface area (Å²) in [7, 11) is -2.55. The zero-order valence-electron chi connectivity index (χ0n) is 8.48. The Kier molecular flexibility index (Phi) is 2.86. The second kappa shape index (κ2) is 4.32. The molecule has 0 spiro atoms. The maximum Gasteiger partial charge on any atom is 0.218 e. The molecule has 0 amide bonds. The van der Waals surface area contributed by atoms with Crippen molar-refractivity contribution < 1.29 is 13.5 Å². The molecule has 2 rings (SSSR count). The number of aliphatic hydroxyl groups is 1. The monoisotopic (exact) mass is 249 g/mol. The molecular formula is C10H7N3O3S. The first-order valence-corrected chi connectivity index (χ1v) is 5.73. The molecule has 0 fully saturated rings. The fraction of sp³-hybridized carbons (Fsp3) is 0.100. The van der Waals surface area contributed by atoms with Gasteiger partial charge in [0.1, 0.15) is 11.8 Å².